The Morgan fingerprint density at radius 2 is 2.27 bits per heavy atom. The summed E-state index contributed by atoms with van der Waals surface area (Å²) in [6.07, 6.45) is 0.685. The van der Waals surface area contributed by atoms with Crippen molar-refractivity contribution >= 4 is 5.97 Å². The zero-order valence-electron chi connectivity index (χ0n) is 7.85. The summed E-state index contributed by atoms with van der Waals surface area (Å²) in [6.45, 7) is 0. The lowest BCUT2D eigenvalue weighted by atomic mass is 9.91. The molecule has 1 unspecified atom stereocenters. The normalized spacial score (nSPS) is 19.6. The van der Waals surface area contributed by atoms with Crippen LogP contribution in [0.3, 0.4) is 0 Å². The van der Waals surface area contributed by atoms with Crippen molar-refractivity contribution in [3.8, 4) is 0 Å². The van der Waals surface area contributed by atoms with E-state index in [4.69, 9.17) is 5.11 Å². The van der Waals surface area contributed by atoms with Crippen molar-refractivity contribution in [1.82, 2.24) is 4.98 Å². The van der Waals surface area contributed by atoms with Gasteiger partial charge in [0.25, 0.3) is 0 Å². The largest absolute Gasteiger partial charge is 0.479 e. The molecule has 1 fully saturated rings. The van der Waals surface area contributed by atoms with Crippen LogP contribution in [-0.4, -0.2) is 27.3 Å². The summed E-state index contributed by atoms with van der Waals surface area (Å²) in [5.74, 6) is -2.02. The molecule has 0 aliphatic heterocycles. The Labute approximate surface area is 85.4 Å². The molecule has 0 amide bonds. The molecule has 0 aromatic carbocycles. The lowest BCUT2D eigenvalue weighted by Crippen LogP contribution is -2.34. The van der Waals surface area contributed by atoms with Crippen LogP contribution in [0.5, 0.6) is 0 Å². The highest BCUT2D eigenvalue weighted by Gasteiger charge is 2.55. The summed E-state index contributed by atoms with van der Waals surface area (Å²) in [6, 6.07) is 3.01. The molecule has 2 rings (SSSR count). The Hall–Kier alpha value is -1.49. The fraction of sp³-hybridized carbons (Fsp3) is 0.400. The fourth-order valence-corrected chi connectivity index (χ4v) is 1.82. The van der Waals surface area contributed by atoms with Gasteiger partial charge in [0.15, 0.2) is 6.10 Å². The third-order valence-electron chi connectivity index (χ3n) is 2.84. The zero-order chi connectivity index (χ0) is 11.1. The monoisotopic (exact) mass is 211 g/mol. The number of carbonyl (C=O) groups is 1. The minimum absolute atomic E-state index is 0.194. The van der Waals surface area contributed by atoms with E-state index in [0.29, 0.717) is 12.8 Å². The lowest BCUT2D eigenvalue weighted by molar-refractivity contribution is -0.148. The Morgan fingerprint density at radius 1 is 1.60 bits per heavy atom. The summed E-state index contributed by atoms with van der Waals surface area (Å²) in [5.41, 5.74) is -0.774. The van der Waals surface area contributed by atoms with Crippen molar-refractivity contribution in [3.63, 3.8) is 0 Å². The minimum atomic E-state index is -1.56. The van der Waals surface area contributed by atoms with Crippen LogP contribution in [0.15, 0.2) is 18.3 Å². The first kappa shape index (κ1) is 10.0. The predicted molar refractivity (Wildman–Crippen MR) is 48.7 cm³/mol. The second kappa shape index (κ2) is 3.27. The van der Waals surface area contributed by atoms with Gasteiger partial charge in [-0.3, -0.25) is 0 Å². The van der Waals surface area contributed by atoms with Crippen molar-refractivity contribution in [3.05, 3.63) is 29.8 Å². The molecule has 1 atom stereocenters. The number of rotatable bonds is 3. The highest BCUT2D eigenvalue weighted by atomic mass is 19.1. The van der Waals surface area contributed by atoms with E-state index in [9.17, 15) is 14.3 Å². The maximum Gasteiger partial charge on any atom is 0.333 e. The Morgan fingerprint density at radius 3 is 2.73 bits per heavy atom. The number of aliphatic hydroxyl groups is 1. The Balaban J connectivity index is 2.39. The van der Waals surface area contributed by atoms with E-state index in [-0.39, 0.29) is 5.56 Å². The van der Waals surface area contributed by atoms with Crippen LogP contribution in [0.4, 0.5) is 4.39 Å². The molecule has 0 saturated heterocycles. The number of carboxylic acid groups (broad SMARTS) is 1. The SMILES string of the molecule is O=C(O)C(O)C1(c2cccnc2F)CC1. The maximum absolute atomic E-state index is 13.3. The number of aliphatic hydroxyl groups excluding tert-OH is 1. The Bertz CT molecular complexity index is 403. The van der Waals surface area contributed by atoms with Crippen LogP contribution in [0.1, 0.15) is 18.4 Å². The molecule has 0 bridgehead atoms. The number of nitrogens with zero attached hydrogens (tertiary/aromatic N) is 1. The molecule has 1 aliphatic rings. The number of hydrogen-bond donors (Lipinski definition) is 2. The molecule has 1 aliphatic carbocycles. The van der Waals surface area contributed by atoms with Gasteiger partial charge in [0, 0.05) is 17.2 Å². The second-order valence-corrected chi connectivity index (χ2v) is 3.74. The molecular weight excluding hydrogens is 201 g/mol. The molecule has 2 N–H and O–H groups in total. The lowest BCUT2D eigenvalue weighted by Gasteiger charge is -2.18. The number of hydrogen-bond acceptors (Lipinski definition) is 3. The predicted octanol–water partition coefficient (Wildman–Crippen LogP) is 0.698. The smallest absolute Gasteiger partial charge is 0.333 e. The molecule has 0 radical (unpaired) electrons. The van der Waals surface area contributed by atoms with Gasteiger partial charge in [0.2, 0.25) is 5.95 Å². The molecule has 1 heterocycles. The first-order chi connectivity index (χ1) is 7.08. The van der Waals surface area contributed by atoms with Gasteiger partial charge in [-0.25, -0.2) is 9.78 Å². The average molecular weight is 211 g/mol. The highest BCUT2D eigenvalue weighted by molar-refractivity contribution is 5.75. The first-order valence-electron chi connectivity index (χ1n) is 4.60. The highest BCUT2D eigenvalue weighted by Crippen LogP contribution is 2.51. The molecule has 15 heavy (non-hydrogen) atoms. The Kier molecular flexibility index (Phi) is 2.19. The van der Waals surface area contributed by atoms with E-state index >= 15 is 0 Å². The van der Waals surface area contributed by atoms with Gasteiger partial charge in [-0.15, -0.1) is 0 Å². The number of aliphatic carboxylic acids is 1. The van der Waals surface area contributed by atoms with Gasteiger partial charge in [-0.05, 0) is 18.9 Å². The molecule has 80 valence electrons. The summed E-state index contributed by atoms with van der Waals surface area (Å²) >= 11 is 0. The topological polar surface area (TPSA) is 70.4 Å². The summed E-state index contributed by atoms with van der Waals surface area (Å²) in [5, 5.41) is 18.2. The zero-order valence-corrected chi connectivity index (χ0v) is 7.85. The fourth-order valence-electron chi connectivity index (χ4n) is 1.82. The minimum Gasteiger partial charge on any atom is -0.479 e. The first-order valence-corrected chi connectivity index (χ1v) is 4.60. The van der Waals surface area contributed by atoms with E-state index in [2.05, 4.69) is 4.98 Å². The summed E-state index contributed by atoms with van der Waals surface area (Å²) in [7, 11) is 0. The van der Waals surface area contributed by atoms with Crippen LogP contribution >= 0.6 is 0 Å². The van der Waals surface area contributed by atoms with Crippen LogP contribution in [0.2, 0.25) is 0 Å². The van der Waals surface area contributed by atoms with Crippen LogP contribution in [-0.2, 0) is 10.2 Å². The van der Waals surface area contributed by atoms with E-state index in [0.717, 1.165) is 0 Å². The molecule has 1 aromatic heterocycles. The van der Waals surface area contributed by atoms with E-state index in [1.54, 1.807) is 0 Å². The van der Waals surface area contributed by atoms with Gasteiger partial charge in [-0.2, -0.15) is 4.39 Å². The van der Waals surface area contributed by atoms with Gasteiger partial charge >= 0.3 is 5.97 Å². The molecule has 0 spiro atoms. The van der Waals surface area contributed by atoms with Crippen molar-refractivity contribution < 1.29 is 19.4 Å². The molecule has 1 aromatic rings. The third kappa shape index (κ3) is 1.48. The van der Waals surface area contributed by atoms with Crippen molar-refractivity contribution in [1.29, 1.82) is 0 Å². The second-order valence-electron chi connectivity index (χ2n) is 3.74. The molecule has 5 heteroatoms. The van der Waals surface area contributed by atoms with Gasteiger partial charge in [0.05, 0.1) is 0 Å². The number of pyridine rings is 1. The van der Waals surface area contributed by atoms with Crippen molar-refractivity contribution in [2.75, 3.05) is 0 Å². The quantitative estimate of drug-likeness (QED) is 0.722. The number of aromatic nitrogens is 1. The molecule has 4 nitrogen and oxygen atoms in total. The third-order valence-corrected chi connectivity index (χ3v) is 2.84. The molecular formula is C10H10FNO3. The van der Waals surface area contributed by atoms with E-state index < -0.39 is 23.4 Å². The van der Waals surface area contributed by atoms with Gasteiger partial charge < -0.3 is 10.2 Å². The van der Waals surface area contributed by atoms with Crippen LogP contribution in [0.25, 0.3) is 0 Å². The number of carboxylic acids is 1. The maximum atomic E-state index is 13.3. The summed E-state index contributed by atoms with van der Waals surface area (Å²) < 4.78 is 13.3. The molecule has 1 saturated carbocycles. The number of halogens is 1. The van der Waals surface area contributed by atoms with Crippen LogP contribution in [0, 0.1) is 5.95 Å². The van der Waals surface area contributed by atoms with Gasteiger partial charge in [0.1, 0.15) is 0 Å². The van der Waals surface area contributed by atoms with Crippen molar-refractivity contribution in [2.24, 2.45) is 0 Å². The van der Waals surface area contributed by atoms with Crippen LogP contribution < -0.4 is 0 Å². The van der Waals surface area contributed by atoms with Crippen molar-refractivity contribution in [2.45, 2.75) is 24.4 Å². The summed E-state index contributed by atoms with van der Waals surface area (Å²) in [4.78, 5) is 14.1. The van der Waals surface area contributed by atoms with E-state index in [1.165, 1.54) is 18.3 Å². The van der Waals surface area contributed by atoms with Gasteiger partial charge in [-0.1, -0.05) is 6.07 Å². The standard InChI is InChI=1S/C10H10FNO3/c11-8-6(2-1-5-12-8)10(3-4-10)7(13)9(14)15/h1-2,5,7,13H,3-4H2,(H,14,15). The average Bonchev–Trinajstić information content (AvgIpc) is 2.98. The van der Waals surface area contributed by atoms with E-state index in [1.807, 2.05) is 0 Å².